The van der Waals surface area contributed by atoms with Crippen LogP contribution in [0.5, 0.6) is 0 Å². The quantitative estimate of drug-likeness (QED) is 0.722. The molecule has 0 spiro atoms. The molecule has 0 aromatic heterocycles. The first-order valence-electron chi connectivity index (χ1n) is 5.98. The van der Waals surface area contributed by atoms with Crippen LogP contribution in [0.2, 0.25) is 0 Å². The van der Waals surface area contributed by atoms with Crippen molar-refractivity contribution < 1.29 is 24.2 Å². The predicted molar refractivity (Wildman–Crippen MR) is 66.8 cm³/mol. The van der Waals surface area contributed by atoms with Crippen LogP contribution in [0.25, 0.3) is 0 Å². The molecule has 0 saturated carbocycles. The van der Waals surface area contributed by atoms with Gasteiger partial charge in [-0.15, -0.1) is 0 Å². The average Bonchev–Trinajstić information content (AvgIpc) is 2.10. The molecule has 19 heavy (non-hydrogen) atoms. The lowest BCUT2D eigenvalue weighted by atomic mass is 9.99. The van der Waals surface area contributed by atoms with Gasteiger partial charge in [0.25, 0.3) is 5.91 Å². The molecule has 1 N–H and O–H groups in total. The molecule has 0 atom stereocenters. The average molecular weight is 272 g/mol. The maximum absolute atomic E-state index is 12.0. The number of imide groups is 1. The number of rotatable bonds is 0. The van der Waals surface area contributed by atoms with E-state index in [9.17, 15) is 14.4 Å². The minimum Gasteiger partial charge on any atom is -0.465 e. The molecule has 108 valence electrons. The van der Waals surface area contributed by atoms with E-state index < -0.39 is 29.2 Å². The van der Waals surface area contributed by atoms with Crippen LogP contribution in [0.4, 0.5) is 9.59 Å². The van der Waals surface area contributed by atoms with Crippen molar-refractivity contribution in [1.29, 1.82) is 0 Å². The van der Waals surface area contributed by atoms with Crippen LogP contribution in [0.1, 0.15) is 34.6 Å². The van der Waals surface area contributed by atoms with E-state index in [1.165, 1.54) is 0 Å². The Kier molecular flexibility index (Phi) is 3.79. The van der Waals surface area contributed by atoms with Crippen LogP contribution in [-0.2, 0) is 9.53 Å². The van der Waals surface area contributed by atoms with Crippen molar-refractivity contribution >= 4 is 18.1 Å². The molecule has 1 fully saturated rings. The monoisotopic (exact) mass is 272 g/mol. The zero-order valence-electron chi connectivity index (χ0n) is 11.9. The zero-order valence-corrected chi connectivity index (χ0v) is 11.9. The van der Waals surface area contributed by atoms with Gasteiger partial charge < -0.3 is 9.84 Å². The first kappa shape index (κ1) is 15.3. The fraction of sp³-hybridized carbons (Fsp3) is 0.750. The van der Waals surface area contributed by atoms with Crippen molar-refractivity contribution in [3.8, 4) is 0 Å². The molecule has 0 aromatic carbocycles. The van der Waals surface area contributed by atoms with Gasteiger partial charge in [0.2, 0.25) is 0 Å². The summed E-state index contributed by atoms with van der Waals surface area (Å²) in [5.74, 6) is -0.576. The lowest BCUT2D eigenvalue weighted by molar-refractivity contribution is -0.141. The smallest absolute Gasteiger partial charge is 0.417 e. The second-order valence-corrected chi connectivity index (χ2v) is 6.16. The van der Waals surface area contributed by atoms with Crippen LogP contribution in [-0.4, -0.2) is 57.2 Å². The highest BCUT2D eigenvalue weighted by Gasteiger charge is 2.45. The van der Waals surface area contributed by atoms with E-state index in [1.807, 2.05) is 0 Å². The van der Waals surface area contributed by atoms with Gasteiger partial charge in [0.15, 0.2) is 0 Å². The number of carboxylic acid groups (broad SMARTS) is 1. The van der Waals surface area contributed by atoms with Crippen LogP contribution < -0.4 is 0 Å². The molecular formula is C12H20N2O5. The van der Waals surface area contributed by atoms with Gasteiger partial charge in [0.1, 0.15) is 12.1 Å². The SMILES string of the molecule is CC(C)(C)OC(=O)N1C(=O)CN(C(=O)O)CC1(C)C. The molecule has 1 rings (SSSR count). The summed E-state index contributed by atoms with van der Waals surface area (Å²) in [6.07, 6.45) is -1.92. The van der Waals surface area contributed by atoms with Gasteiger partial charge in [-0.25, -0.2) is 14.5 Å². The number of hydrogen-bond donors (Lipinski definition) is 1. The maximum atomic E-state index is 12.0. The van der Waals surface area contributed by atoms with E-state index in [1.54, 1.807) is 34.6 Å². The molecule has 1 aliphatic heterocycles. The van der Waals surface area contributed by atoms with Crippen molar-refractivity contribution in [1.82, 2.24) is 9.80 Å². The van der Waals surface area contributed by atoms with Crippen LogP contribution in [0.15, 0.2) is 0 Å². The maximum Gasteiger partial charge on any atom is 0.417 e. The van der Waals surface area contributed by atoms with Gasteiger partial charge >= 0.3 is 12.2 Å². The Hall–Kier alpha value is -1.79. The van der Waals surface area contributed by atoms with E-state index in [2.05, 4.69) is 0 Å². The molecule has 0 aliphatic carbocycles. The molecule has 0 bridgehead atoms. The molecule has 1 aliphatic rings. The summed E-state index contributed by atoms with van der Waals surface area (Å²) in [5.41, 5.74) is -1.65. The fourth-order valence-electron chi connectivity index (χ4n) is 1.96. The first-order valence-corrected chi connectivity index (χ1v) is 5.98. The normalized spacial score (nSPS) is 19.3. The summed E-state index contributed by atoms with van der Waals surface area (Å²) in [5, 5.41) is 8.94. The third kappa shape index (κ3) is 3.59. The van der Waals surface area contributed by atoms with Crippen LogP contribution in [0, 0.1) is 0 Å². The molecule has 3 amide bonds. The third-order valence-corrected chi connectivity index (χ3v) is 2.61. The largest absolute Gasteiger partial charge is 0.465 e. The molecule has 1 heterocycles. The second kappa shape index (κ2) is 4.71. The van der Waals surface area contributed by atoms with Crippen molar-refractivity contribution in [3.63, 3.8) is 0 Å². The number of ether oxygens (including phenoxy) is 1. The second-order valence-electron chi connectivity index (χ2n) is 6.16. The summed E-state index contributed by atoms with van der Waals surface area (Å²) in [6, 6.07) is 0. The summed E-state index contributed by atoms with van der Waals surface area (Å²) in [4.78, 5) is 36.9. The first-order chi connectivity index (χ1) is 8.44. The van der Waals surface area contributed by atoms with Crippen molar-refractivity contribution in [2.24, 2.45) is 0 Å². The number of hydrogen-bond acceptors (Lipinski definition) is 4. The molecule has 7 heteroatoms. The molecule has 0 unspecified atom stereocenters. The van der Waals surface area contributed by atoms with Gasteiger partial charge in [-0.3, -0.25) is 9.69 Å². The fourth-order valence-corrected chi connectivity index (χ4v) is 1.96. The Morgan fingerprint density at radius 1 is 1.32 bits per heavy atom. The molecule has 0 aromatic rings. The highest BCUT2D eigenvalue weighted by Crippen LogP contribution is 2.24. The van der Waals surface area contributed by atoms with Gasteiger partial charge in [-0.05, 0) is 34.6 Å². The highest BCUT2D eigenvalue weighted by atomic mass is 16.6. The third-order valence-electron chi connectivity index (χ3n) is 2.61. The number of piperazine rings is 1. The van der Waals surface area contributed by atoms with Crippen molar-refractivity contribution in [2.75, 3.05) is 13.1 Å². The van der Waals surface area contributed by atoms with Gasteiger partial charge in [0.05, 0.1) is 5.54 Å². The van der Waals surface area contributed by atoms with E-state index in [4.69, 9.17) is 9.84 Å². The van der Waals surface area contributed by atoms with Crippen LogP contribution >= 0.6 is 0 Å². The summed E-state index contributed by atoms with van der Waals surface area (Å²) < 4.78 is 5.18. The molecule has 7 nitrogen and oxygen atoms in total. The van der Waals surface area contributed by atoms with Crippen LogP contribution in [0.3, 0.4) is 0 Å². The lowest BCUT2D eigenvalue weighted by Crippen LogP contribution is -2.65. The Balaban J connectivity index is 2.93. The van der Waals surface area contributed by atoms with E-state index in [-0.39, 0.29) is 13.1 Å². The predicted octanol–water partition coefficient (Wildman–Crippen LogP) is 1.52. The standard InChI is InChI=1S/C12H20N2O5/c1-11(2,3)19-10(18)14-8(15)6-13(9(16)17)7-12(14,4)5/h6-7H2,1-5H3,(H,16,17). The number of amides is 3. The van der Waals surface area contributed by atoms with Gasteiger partial charge in [-0.2, -0.15) is 0 Å². The number of nitrogens with zero attached hydrogens (tertiary/aromatic N) is 2. The topological polar surface area (TPSA) is 87.2 Å². The van der Waals surface area contributed by atoms with Crippen molar-refractivity contribution in [3.05, 3.63) is 0 Å². The molecule has 0 radical (unpaired) electrons. The molecular weight excluding hydrogens is 252 g/mol. The van der Waals surface area contributed by atoms with Gasteiger partial charge in [-0.1, -0.05) is 0 Å². The van der Waals surface area contributed by atoms with E-state index >= 15 is 0 Å². The summed E-state index contributed by atoms with van der Waals surface area (Å²) >= 11 is 0. The van der Waals surface area contributed by atoms with Gasteiger partial charge in [0, 0.05) is 6.54 Å². The Morgan fingerprint density at radius 3 is 2.21 bits per heavy atom. The molecule has 1 saturated heterocycles. The minimum absolute atomic E-state index is 0.0628. The highest BCUT2D eigenvalue weighted by molar-refractivity contribution is 5.96. The summed E-state index contributed by atoms with van der Waals surface area (Å²) in [7, 11) is 0. The number of carbonyl (C=O) groups excluding carboxylic acids is 2. The Labute approximate surface area is 112 Å². The van der Waals surface area contributed by atoms with Crippen molar-refractivity contribution in [2.45, 2.75) is 45.8 Å². The lowest BCUT2D eigenvalue weighted by Gasteiger charge is -2.44. The Morgan fingerprint density at radius 2 is 1.84 bits per heavy atom. The minimum atomic E-state index is -1.18. The van der Waals surface area contributed by atoms with E-state index in [0.717, 1.165) is 9.80 Å². The zero-order chi connectivity index (χ0) is 15.0. The Bertz CT molecular complexity index is 411. The summed E-state index contributed by atoms with van der Waals surface area (Å²) in [6.45, 7) is 8.10. The number of carbonyl (C=O) groups is 3. The van der Waals surface area contributed by atoms with E-state index in [0.29, 0.717) is 0 Å².